The van der Waals surface area contributed by atoms with Gasteiger partial charge in [0.05, 0.1) is 18.6 Å². The Hall–Kier alpha value is -1.27. The molecule has 0 saturated carbocycles. The van der Waals surface area contributed by atoms with Crippen LogP contribution in [0.1, 0.15) is 5.56 Å². The van der Waals surface area contributed by atoms with E-state index in [9.17, 15) is 8.42 Å². The van der Waals surface area contributed by atoms with E-state index in [0.717, 1.165) is 0 Å². The van der Waals surface area contributed by atoms with E-state index >= 15 is 0 Å². The lowest BCUT2D eigenvalue weighted by Gasteiger charge is -2.05. The van der Waals surface area contributed by atoms with E-state index in [2.05, 4.69) is 0 Å². The molecule has 5 nitrogen and oxygen atoms in total. The summed E-state index contributed by atoms with van der Waals surface area (Å²) in [6, 6.07) is 4.75. The highest BCUT2D eigenvalue weighted by molar-refractivity contribution is 7.88. The number of benzene rings is 1. The smallest absolute Gasteiger partial charge is 0.213 e. The van der Waals surface area contributed by atoms with Crippen LogP contribution in [0.2, 0.25) is 0 Å². The summed E-state index contributed by atoms with van der Waals surface area (Å²) < 4.78 is 26.5. The second-order valence-electron chi connectivity index (χ2n) is 2.88. The van der Waals surface area contributed by atoms with Gasteiger partial charge in [0.25, 0.3) is 0 Å². The maximum absolute atomic E-state index is 10.8. The number of nitrogens with two attached hydrogens (primary N) is 2. The summed E-state index contributed by atoms with van der Waals surface area (Å²) >= 11 is 0. The van der Waals surface area contributed by atoms with Crippen LogP contribution in [-0.2, 0) is 15.8 Å². The van der Waals surface area contributed by atoms with Crippen LogP contribution in [0.25, 0.3) is 0 Å². The number of rotatable bonds is 3. The summed E-state index contributed by atoms with van der Waals surface area (Å²) in [5.41, 5.74) is 6.53. The number of ether oxygens (including phenoxy) is 1. The fourth-order valence-corrected chi connectivity index (χ4v) is 1.75. The van der Waals surface area contributed by atoms with Gasteiger partial charge in [-0.15, -0.1) is 0 Å². The van der Waals surface area contributed by atoms with Crippen molar-refractivity contribution in [2.75, 3.05) is 12.8 Å². The topological polar surface area (TPSA) is 95.4 Å². The van der Waals surface area contributed by atoms with E-state index in [1.807, 2.05) is 0 Å². The number of hydrogen-bond donors (Lipinski definition) is 2. The first kappa shape index (κ1) is 10.8. The second kappa shape index (κ2) is 3.85. The fourth-order valence-electron chi connectivity index (χ4n) is 1.11. The third-order valence-electron chi connectivity index (χ3n) is 1.66. The minimum atomic E-state index is -3.51. The molecule has 6 heteroatoms. The number of nitrogen functional groups attached to an aromatic ring is 1. The average molecular weight is 216 g/mol. The van der Waals surface area contributed by atoms with Gasteiger partial charge in [0.15, 0.2) is 0 Å². The SMILES string of the molecule is COc1ccc(CS(N)(=O)=O)cc1N. The molecule has 0 aromatic heterocycles. The van der Waals surface area contributed by atoms with Crippen LogP contribution in [-0.4, -0.2) is 15.5 Å². The van der Waals surface area contributed by atoms with Gasteiger partial charge in [-0.25, -0.2) is 13.6 Å². The lowest BCUT2D eigenvalue weighted by Crippen LogP contribution is -2.14. The highest BCUT2D eigenvalue weighted by atomic mass is 32.2. The summed E-state index contributed by atoms with van der Waals surface area (Å²) in [6.07, 6.45) is 0. The summed E-state index contributed by atoms with van der Waals surface area (Å²) in [5, 5.41) is 4.89. The molecule has 0 fully saturated rings. The zero-order chi connectivity index (χ0) is 10.8. The van der Waals surface area contributed by atoms with Crippen molar-refractivity contribution in [1.82, 2.24) is 0 Å². The van der Waals surface area contributed by atoms with Gasteiger partial charge in [-0.05, 0) is 17.7 Å². The highest BCUT2D eigenvalue weighted by Gasteiger charge is 2.07. The minimum Gasteiger partial charge on any atom is -0.495 e. The first-order valence-corrected chi connectivity index (χ1v) is 5.57. The molecule has 1 rings (SSSR count). The molecule has 0 heterocycles. The Morgan fingerprint density at radius 2 is 2.07 bits per heavy atom. The van der Waals surface area contributed by atoms with Crippen molar-refractivity contribution in [3.05, 3.63) is 23.8 Å². The molecule has 4 N–H and O–H groups in total. The van der Waals surface area contributed by atoms with Crippen molar-refractivity contribution < 1.29 is 13.2 Å². The number of methoxy groups -OCH3 is 1. The Morgan fingerprint density at radius 3 is 2.50 bits per heavy atom. The van der Waals surface area contributed by atoms with E-state index in [1.165, 1.54) is 13.2 Å². The molecular weight excluding hydrogens is 204 g/mol. The van der Waals surface area contributed by atoms with Crippen LogP contribution in [0.4, 0.5) is 5.69 Å². The molecule has 0 radical (unpaired) electrons. The van der Waals surface area contributed by atoms with Crippen molar-refractivity contribution in [3.8, 4) is 5.75 Å². The highest BCUT2D eigenvalue weighted by Crippen LogP contribution is 2.22. The van der Waals surface area contributed by atoms with Crippen LogP contribution < -0.4 is 15.6 Å². The average Bonchev–Trinajstić information content (AvgIpc) is 2.01. The molecular formula is C8H12N2O3S. The van der Waals surface area contributed by atoms with Crippen molar-refractivity contribution >= 4 is 15.7 Å². The van der Waals surface area contributed by atoms with E-state index in [0.29, 0.717) is 17.0 Å². The fraction of sp³-hybridized carbons (Fsp3) is 0.250. The Morgan fingerprint density at radius 1 is 1.43 bits per heavy atom. The van der Waals surface area contributed by atoms with E-state index in [1.54, 1.807) is 12.1 Å². The molecule has 0 unspecified atom stereocenters. The first-order valence-electron chi connectivity index (χ1n) is 3.85. The van der Waals surface area contributed by atoms with E-state index in [-0.39, 0.29) is 5.75 Å². The van der Waals surface area contributed by atoms with Gasteiger partial charge in [-0.3, -0.25) is 0 Å². The second-order valence-corrected chi connectivity index (χ2v) is 4.50. The molecule has 0 aliphatic rings. The molecule has 0 atom stereocenters. The molecule has 14 heavy (non-hydrogen) atoms. The predicted molar refractivity (Wildman–Crippen MR) is 54.2 cm³/mol. The van der Waals surface area contributed by atoms with Gasteiger partial charge < -0.3 is 10.5 Å². The quantitative estimate of drug-likeness (QED) is 0.699. The summed E-state index contributed by atoms with van der Waals surface area (Å²) in [5.74, 6) is 0.296. The van der Waals surface area contributed by atoms with Gasteiger partial charge in [0, 0.05) is 0 Å². The van der Waals surface area contributed by atoms with Crippen molar-refractivity contribution in [1.29, 1.82) is 0 Å². The van der Waals surface area contributed by atoms with E-state index < -0.39 is 10.0 Å². The zero-order valence-electron chi connectivity index (χ0n) is 7.73. The molecule has 78 valence electrons. The summed E-state index contributed by atoms with van der Waals surface area (Å²) in [4.78, 5) is 0. The van der Waals surface area contributed by atoms with Gasteiger partial charge in [0.1, 0.15) is 5.75 Å². The number of anilines is 1. The molecule has 0 bridgehead atoms. The monoisotopic (exact) mass is 216 g/mol. The Labute approximate surface area is 82.7 Å². The minimum absolute atomic E-state index is 0.221. The van der Waals surface area contributed by atoms with Crippen molar-refractivity contribution in [2.45, 2.75) is 5.75 Å². The lowest BCUT2D eigenvalue weighted by atomic mass is 10.2. The standard InChI is InChI=1S/C8H12N2O3S/c1-13-8-3-2-6(4-7(8)9)5-14(10,11)12/h2-4H,5,9H2,1H3,(H2,10,11,12). The molecule has 0 spiro atoms. The van der Waals surface area contributed by atoms with Crippen LogP contribution in [0.5, 0.6) is 5.75 Å². The third-order valence-corrected chi connectivity index (χ3v) is 2.40. The van der Waals surface area contributed by atoms with Crippen LogP contribution in [0.15, 0.2) is 18.2 Å². The Balaban J connectivity index is 2.98. The largest absolute Gasteiger partial charge is 0.495 e. The van der Waals surface area contributed by atoms with Gasteiger partial charge in [0.2, 0.25) is 10.0 Å². The Kier molecular flexibility index (Phi) is 2.97. The van der Waals surface area contributed by atoms with Crippen molar-refractivity contribution in [3.63, 3.8) is 0 Å². The molecule has 0 aliphatic heterocycles. The van der Waals surface area contributed by atoms with Gasteiger partial charge >= 0.3 is 0 Å². The van der Waals surface area contributed by atoms with Crippen LogP contribution in [0, 0.1) is 0 Å². The number of hydrogen-bond acceptors (Lipinski definition) is 4. The maximum Gasteiger partial charge on any atom is 0.213 e. The molecule has 0 aliphatic carbocycles. The summed E-state index contributed by atoms with van der Waals surface area (Å²) in [6.45, 7) is 0. The molecule has 0 saturated heterocycles. The first-order chi connectivity index (χ1) is 6.42. The van der Waals surface area contributed by atoms with Gasteiger partial charge in [-0.1, -0.05) is 6.07 Å². The van der Waals surface area contributed by atoms with Crippen LogP contribution in [0.3, 0.4) is 0 Å². The molecule has 0 amide bonds. The van der Waals surface area contributed by atoms with E-state index in [4.69, 9.17) is 15.6 Å². The molecule has 1 aromatic carbocycles. The third kappa shape index (κ3) is 2.90. The summed E-state index contributed by atoms with van der Waals surface area (Å²) in [7, 11) is -2.02. The zero-order valence-corrected chi connectivity index (χ0v) is 8.54. The normalized spacial score (nSPS) is 11.3. The lowest BCUT2D eigenvalue weighted by molar-refractivity contribution is 0.417. The van der Waals surface area contributed by atoms with Crippen molar-refractivity contribution in [2.24, 2.45) is 5.14 Å². The number of sulfonamides is 1. The van der Waals surface area contributed by atoms with Crippen LogP contribution >= 0.6 is 0 Å². The maximum atomic E-state index is 10.8. The Bertz CT molecular complexity index is 428. The predicted octanol–water partition coefficient (Wildman–Crippen LogP) is 0.0659. The van der Waals surface area contributed by atoms with Gasteiger partial charge in [-0.2, -0.15) is 0 Å². The number of primary sulfonamides is 1. The molecule has 1 aromatic rings.